The average Bonchev–Trinajstić information content (AvgIpc) is 3.16. The van der Waals surface area contributed by atoms with E-state index in [4.69, 9.17) is 9.68 Å². The molecule has 1 N–H and O–H groups in total. The summed E-state index contributed by atoms with van der Waals surface area (Å²) in [5.41, 5.74) is 2.57. The lowest BCUT2D eigenvalue weighted by atomic mass is 10.0. The van der Waals surface area contributed by atoms with Gasteiger partial charge in [0, 0.05) is 10.9 Å². The van der Waals surface area contributed by atoms with Crippen molar-refractivity contribution in [2.75, 3.05) is 0 Å². The number of rotatable bonds is 4. The van der Waals surface area contributed by atoms with Crippen molar-refractivity contribution in [2.45, 2.75) is 6.04 Å². The van der Waals surface area contributed by atoms with Crippen LogP contribution in [0.2, 0.25) is 0 Å². The molecule has 1 heterocycles. The van der Waals surface area contributed by atoms with Crippen LogP contribution in [0.15, 0.2) is 89.3 Å². The van der Waals surface area contributed by atoms with Crippen LogP contribution >= 0.6 is 0 Å². The number of carbonyl (C=O) groups excluding carboxylic acids is 1. The summed E-state index contributed by atoms with van der Waals surface area (Å²) in [5.74, 6) is 0.397. The molecule has 0 aliphatic heterocycles. The molecule has 3 aromatic carbocycles. The van der Waals surface area contributed by atoms with E-state index >= 15 is 0 Å². The molecule has 130 valence electrons. The van der Waals surface area contributed by atoms with Crippen molar-refractivity contribution < 1.29 is 9.21 Å². The van der Waals surface area contributed by atoms with Crippen LogP contribution in [0.3, 0.4) is 0 Å². The number of fused-ring (bicyclic) bond motifs is 1. The smallest absolute Gasteiger partial charge is 0.252 e. The Labute approximate surface area is 156 Å². The molecular formula is C23H16N2O2. The number of nitrogens with one attached hydrogen (secondary N) is 1. The molecule has 1 atom stereocenters. The summed E-state index contributed by atoms with van der Waals surface area (Å²) < 4.78 is 6.00. The highest BCUT2D eigenvalue weighted by Crippen LogP contribution is 2.28. The van der Waals surface area contributed by atoms with Gasteiger partial charge < -0.3 is 9.73 Å². The molecule has 0 radical (unpaired) electrons. The second-order valence-electron chi connectivity index (χ2n) is 6.20. The first kappa shape index (κ1) is 16.6. The lowest BCUT2D eigenvalue weighted by Crippen LogP contribution is -2.29. The van der Waals surface area contributed by atoms with Crippen molar-refractivity contribution in [3.8, 4) is 6.07 Å². The third kappa shape index (κ3) is 3.44. The summed E-state index contributed by atoms with van der Waals surface area (Å²) in [6.07, 6.45) is 0. The van der Waals surface area contributed by atoms with Crippen LogP contribution in [0.25, 0.3) is 11.0 Å². The highest BCUT2D eigenvalue weighted by atomic mass is 16.3. The normalized spacial score (nSPS) is 11.7. The van der Waals surface area contributed by atoms with E-state index in [0.717, 1.165) is 16.5 Å². The minimum absolute atomic E-state index is 0.263. The quantitative estimate of drug-likeness (QED) is 0.572. The highest BCUT2D eigenvalue weighted by Gasteiger charge is 2.21. The lowest BCUT2D eigenvalue weighted by molar-refractivity contribution is 0.0939. The SMILES string of the molecule is N#Cc1cccc(C(=O)NC(c2ccccc2)c2cc3ccccc3o2)c1. The fourth-order valence-corrected chi connectivity index (χ4v) is 3.05. The lowest BCUT2D eigenvalue weighted by Gasteiger charge is -2.17. The molecule has 1 unspecified atom stereocenters. The summed E-state index contributed by atoms with van der Waals surface area (Å²) >= 11 is 0. The summed E-state index contributed by atoms with van der Waals surface area (Å²) in [6, 6.07) is 27.6. The zero-order chi connectivity index (χ0) is 18.6. The Balaban J connectivity index is 1.72. The van der Waals surface area contributed by atoms with Crippen molar-refractivity contribution in [2.24, 2.45) is 0 Å². The molecule has 1 amide bonds. The molecule has 4 nitrogen and oxygen atoms in total. The van der Waals surface area contributed by atoms with Crippen molar-refractivity contribution >= 4 is 16.9 Å². The predicted octanol–water partition coefficient (Wildman–Crippen LogP) is 4.82. The molecule has 0 aliphatic rings. The number of hydrogen-bond donors (Lipinski definition) is 1. The van der Waals surface area contributed by atoms with Gasteiger partial charge >= 0.3 is 0 Å². The van der Waals surface area contributed by atoms with Gasteiger partial charge in [-0.15, -0.1) is 0 Å². The standard InChI is InChI=1S/C23H16N2O2/c24-15-16-7-6-11-19(13-16)23(26)25-22(17-8-2-1-3-9-17)21-14-18-10-4-5-12-20(18)27-21/h1-14,22H,(H,25,26). The fourth-order valence-electron chi connectivity index (χ4n) is 3.05. The maximum atomic E-state index is 12.8. The van der Waals surface area contributed by atoms with Gasteiger partial charge in [-0.3, -0.25) is 4.79 Å². The summed E-state index contributed by atoms with van der Waals surface area (Å²) in [5, 5.41) is 13.1. The van der Waals surface area contributed by atoms with Crippen LogP contribution in [-0.2, 0) is 0 Å². The van der Waals surface area contributed by atoms with Crippen LogP contribution in [0.4, 0.5) is 0 Å². The second-order valence-corrected chi connectivity index (χ2v) is 6.20. The molecule has 4 rings (SSSR count). The largest absolute Gasteiger partial charge is 0.459 e. The predicted molar refractivity (Wildman–Crippen MR) is 103 cm³/mol. The van der Waals surface area contributed by atoms with Crippen LogP contribution in [0.1, 0.15) is 33.3 Å². The first-order chi connectivity index (χ1) is 13.2. The maximum absolute atomic E-state index is 12.8. The van der Waals surface area contributed by atoms with Crippen LogP contribution in [0, 0.1) is 11.3 Å². The van der Waals surface area contributed by atoms with E-state index in [2.05, 4.69) is 11.4 Å². The van der Waals surface area contributed by atoms with Crippen LogP contribution in [-0.4, -0.2) is 5.91 Å². The first-order valence-electron chi connectivity index (χ1n) is 8.59. The van der Waals surface area contributed by atoms with Gasteiger partial charge in [0.15, 0.2) is 0 Å². The number of nitrogens with zero attached hydrogens (tertiary/aromatic N) is 1. The topological polar surface area (TPSA) is 66.0 Å². The Hall–Kier alpha value is -3.84. The Morgan fingerprint density at radius 3 is 2.48 bits per heavy atom. The molecule has 0 bridgehead atoms. The number of hydrogen-bond acceptors (Lipinski definition) is 3. The Morgan fingerprint density at radius 1 is 0.926 bits per heavy atom. The van der Waals surface area contributed by atoms with Crippen LogP contribution < -0.4 is 5.32 Å². The Bertz CT molecular complexity index is 1110. The van der Waals surface area contributed by atoms with E-state index in [0.29, 0.717) is 16.9 Å². The van der Waals surface area contributed by atoms with E-state index in [-0.39, 0.29) is 5.91 Å². The molecule has 4 aromatic rings. The average molecular weight is 352 g/mol. The summed E-state index contributed by atoms with van der Waals surface area (Å²) in [4.78, 5) is 12.8. The number of amides is 1. The molecular weight excluding hydrogens is 336 g/mol. The van der Waals surface area contributed by atoms with Crippen molar-refractivity contribution in [3.63, 3.8) is 0 Å². The van der Waals surface area contributed by atoms with Gasteiger partial charge in [0.1, 0.15) is 17.4 Å². The van der Waals surface area contributed by atoms with E-state index in [1.807, 2.05) is 60.7 Å². The molecule has 0 saturated carbocycles. The molecule has 4 heteroatoms. The van der Waals surface area contributed by atoms with Gasteiger partial charge in [0.05, 0.1) is 11.6 Å². The zero-order valence-corrected chi connectivity index (χ0v) is 14.4. The number of nitriles is 1. The van der Waals surface area contributed by atoms with Crippen molar-refractivity contribution in [1.29, 1.82) is 5.26 Å². The van der Waals surface area contributed by atoms with Gasteiger partial charge in [-0.2, -0.15) is 5.26 Å². The van der Waals surface area contributed by atoms with Crippen molar-refractivity contribution in [3.05, 3.63) is 107 Å². The fraction of sp³-hybridized carbons (Fsp3) is 0.0435. The second kappa shape index (κ2) is 7.19. The van der Waals surface area contributed by atoms with Crippen molar-refractivity contribution in [1.82, 2.24) is 5.32 Å². The summed E-state index contributed by atoms with van der Waals surface area (Å²) in [6.45, 7) is 0. The van der Waals surface area contributed by atoms with E-state index in [9.17, 15) is 4.79 Å². The van der Waals surface area contributed by atoms with E-state index < -0.39 is 6.04 Å². The van der Waals surface area contributed by atoms with Gasteiger partial charge in [-0.1, -0.05) is 54.6 Å². The third-order valence-electron chi connectivity index (χ3n) is 4.39. The minimum Gasteiger partial charge on any atom is -0.459 e. The maximum Gasteiger partial charge on any atom is 0.252 e. The molecule has 0 spiro atoms. The highest BCUT2D eigenvalue weighted by molar-refractivity contribution is 5.95. The molecule has 0 aliphatic carbocycles. The third-order valence-corrected chi connectivity index (χ3v) is 4.39. The van der Waals surface area contributed by atoms with Crippen LogP contribution in [0.5, 0.6) is 0 Å². The summed E-state index contributed by atoms with van der Waals surface area (Å²) in [7, 11) is 0. The van der Waals surface area contributed by atoms with E-state index in [1.54, 1.807) is 24.3 Å². The molecule has 27 heavy (non-hydrogen) atoms. The zero-order valence-electron chi connectivity index (χ0n) is 14.4. The Morgan fingerprint density at radius 2 is 1.70 bits per heavy atom. The van der Waals surface area contributed by atoms with Gasteiger partial charge in [-0.25, -0.2) is 0 Å². The molecule has 1 aromatic heterocycles. The molecule has 0 saturated heterocycles. The first-order valence-corrected chi connectivity index (χ1v) is 8.59. The minimum atomic E-state index is -0.433. The number of carbonyl (C=O) groups is 1. The van der Waals surface area contributed by atoms with Gasteiger partial charge in [0.25, 0.3) is 5.91 Å². The van der Waals surface area contributed by atoms with E-state index in [1.165, 1.54) is 0 Å². The number of furan rings is 1. The van der Waals surface area contributed by atoms with Gasteiger partial charge in [-0.05, 0) is 35.9 Å². The number of benzene rings is 3. The van der Waals surface area contributed by atoms with Gasteiger partial charge in [0.2, 0.25) is 0 Å². The molecule has 0 fully saturated rings. The number of para-hydroxylation sites is 1. The monoisotopic (exact) mass is 352 g/mol. The Kier molecular flexibility index (Phi) is 4.42.